The molecule has 0 saturated carbocycles. The minimum Gasteiger partial charge on any atom is -0.495 e. The SMILES string of the molecule is COC(=O)c1cccc(Nc2nncc(Nc3ccccc3OC)n2)c1. The Kier molecular flexibility index (Phi) is 5.23. The maximum absolute atomic E-state index is 11.6. The lowest BCUT2D eigenvalue weighted by Gasteiger charge is -2.11. The third-order valence-corrected chi connectivity index (χ3v) is 3.47. The van der Waals surface area contributed by atoms with Gasteiger partial charge in [-0.3, -0.25) is 0 Å². The average Bonchev–Trinajstić information content (AvgIpc) is 2.68. The Bertz CT molecular complexity index is 917. The van der Waals surface area contributed by atoms with Crippen molar-refractivity contribution in [2.75, 3.05) is 24.9 Å². The van der Waals surface area contributed by atoms with Crippen LogP contribution in [-0.2, 0) is 4.74 Å². The van der Waals surface area contributed by atoms with E-state index in [0.29, 0.717) is 22.8 Å². The largest absolute Gasteiger partial charge is 0.495 e. The highest BCUT2D eigenvalue weighted by Crippen LogP contribution is 2.26. The van der Waals surface area contributed by atoms with Crippen LogP contribution in [0.2, 0.25) is 0 Å². The van der Waals surface area contributed by atoms with E-state index in [4.69, 9.17) is 9.47 Å². The Labute approximate surface area is 150 Å². The summed E-state index contributed by atoms with van der Waals surface area (Å²) in [5, 5.41) is 14.0. The fourth-order valence-electron chi connectivity index (χ4n) is 2.27. The van der Waals surface area contributed by atoms with Crippen molar-refractivity contribution in [3.05, 3.63) is 60.3 Å². The molecule has 0 atom stereocenters. The first-order valence-corrected chi connectivity index (χ1v) is 7.75. The molecule has 0 saturated heterocycles. The molecular weight excluding hydrogens is 334 g/mol. The molecular formula is C18H17N5O3. The number of carbonyl (C=O) groups excluding carboxylic acids is 1. The van der Waals surface area contributed by atoms with E-state index in [1.807, 2.05) is 24.3 Å². The minimum absolute atomic E-state index is 0.284. The van der Waals surface area contributed by atoms with Crippen LogP contribution in [0.15, 0.2) is 54.7 Å². The van der Waals surface area contributed by atoms with Gasteiger partial charge in [-0.2, -0.15) is 10.1 Å². The van der Waals surface area contributed by atoms with Gasteiger partial charge in [0.05, 0.1) is 31.7 Å². The first kappa shape index (κ1) is 17.2. The molecule has 3 rings (SSSR count). The zero-order chi connectivity index (χ0) is 18.4. The Balaban J connectivity index is 1.78. The summed E-state index contributed by atoms with van der Waals surface area (Å²) < 4.78 is 10.0. The molecule has 3 aromatic rings. The zero-order valence-electron chi connectivity index (χ0n) is 14.3. The van der Waals surface area contributed by atoms with E-state index in [1.54, 1.807) is 31.4 Å². The molecule has 0 aliphatic rings. The quantitative estimate of drug-likeness (QED) is 0.654. The van der Waals surface area contributed by atoms with Crippen LogP contribution < -0.4 is 15.4 Å². The Morgan fingerprint density at radius 3 is 2.69 bits per heavy atom. The predicted molar refractivity (Wildman–Crippen MR) is 97.2 cm³/mol. The number of esters is 1. The summed E-state index contributed by atoms with van der Waals surface area (Å²) in [6, 6.07) is 14.3. The van der Waals surface area contributed by atoms with Crippen molar-refractivity contribution in [1.82, 2.24) is 15.2 Å². The topological polar surface area (TPSA) is 98.3 Å². The van der Waals surface area contributed by atoms with Crippen LogP contribution in [-0.4, -0.2) is 35.4 Å². The molecule has 0 aliphatic heterocycles. The number of hydrogen-bond acceptors (Lipinski definition) is 8. The number of ether oxygens (including phenoxy) is 2. The van der Waals surface area contributed by atoms with Gasteiger partial charge in [-0.15, -0.1) is 5.10 Å². The number of rotatable bonds is 6. The molecule has 0 bridgehead atoms. The van der Waals surface area contributed by atoms with E-state index in [2.05, 4.69) is 25.8 Å². The van der Waals surface area contributed by atoms with Gasteiger partial charge in [0, 0.05) is 5.69 Å². The maximum atomic E-state index is 11.6. The van der Waals surface area contributed by atoms with E-state index < -0.39 is 5.97 Å². The number of carbonyl (C=O) groups is 1. The number of aromatic nitrogens is 3. The zero-order valence-corrected chi connectivity index (χ0v) is 14.3. The van der Waals surface area contributed by atoms with Crippen molar-refractivity contribution < 1.29 is 14.3 Å². The molecule has 0 spiro atoms. The van der Waals surface area contributed by atoms with E-state index in [-0.39, 0.29) is 5.95 Å². The van der Waals surface area contributed by atoms with Gasteiger partial charge in [-0.25, -0.2) is 4.79 Å². The summed E-state index contributed by atoms with van der Waals surface area (Å²) in [6.45, 7) is 0. The lowest BCUT2D eigenvalue weighted by atomic mass is 10.2. The molecule has 0 unspecified atom stereocenters. The second-order valence-electron chi connectivity index (χ2n) is 5.19. The number of methoxy groups -OCH3 is 2. The second-order valence-corrected chi connectivity index (χ2v) is 5.19. The second kappa shape index (κ2) is 7.93. The van der Waals surface area contributed by atoms with Gasteiger partial charge in [-0.05, 0) is 30.3 Å². The van der Waals surface area contributed by atoms with Crippen LogP contribution in [0.4, 0.5) is 23.1 Å². The van der Waals surface area contributed by atoms with Crippen molar-refractivity contribution in [3.63, 3.8) is 0 Å². The van der Waals surface area contributed by atoms with Gasteiger partial charge in [0.2, 0.25) is 5.95 Å². The lowest BCUT2D eigenvalue weighted by Crippen LogP contribution is -2.05. The van der Waals surface area contributed by atoms with E-state index in [0.717, 1.165) is 5.69 Å². The van der Waals surface area contributed by atoms with Crippen molar-refractivity contribution in [2.45, 2.75) is 0 Å². The number of hydrogen-bond donors (Lipinski definition) is 2. The third kappa shape index (κ3) is 4.04. The first-order valence-electron chi connectivity index (χ1n) is 7.75. The van der Waals surface area contributed by atoms with Crippen molar-refractivity contribution in [2.24, 2.45) is 0 Å². The third-order valence-electron chi connectivity index (χ3n) is 3.47. The molecule has 2 N–H and O–H groups in total. The van der Waals surface area contributed by atoms with Gasteiger partial charge in [0.1, 0.15) is 5.75 Å². The molecule has 0 amide bonds. The van der Waals surface area contributed by atoms with Gasteiger partial charge < -0.3 is 20.1 Å². The molecule has 0 fully saturated rings. The summed E-state index contributed by atoms with van der Waals surface area (Å²) in [6.07, 6.45) is 1.50. The lowest BCUT2D eigenvalue weighted by molar-refractivity contribution is 0.0601. The average molecular weight is 351 g/mol. The maximum Gasteiger partial charge on any atom is 0.337 e. The van der Waals surface area contributed by atoms with Gasteiger partial charge >= 0.3 is 5.97 Å². The number of nitrogens with zero attached hydrogens (tertiary/aromatic N) is 3. The highest BCUT2D eigenvalue weighted by molar-refractivity contribution is 5.90. The Morgan fingerprint density at radius 2 is 1.88 bits per heavy atom. The van der Waals surface area contributed by atoms with Crippen LogP contribution in [0, 0.1) is 0 Å². The number of nitrogens with one attached hydrogen (secondary N) is 2. The summed E-state index contributed by atoms with van der Waals surface area (Å²) in [4.78, 5) is 16.0. The van der Waals surface area contributed by atoms with E-state index in [1.165, 1.54) is 13.3 Å². The van der Waals surface area contributed by atoms with Crippen LogP contribution in [0.5, 0.6) is 5.75 Å². The fourth-order valence-corrected chi connectivity index (χ4v) is 2.27. The van der Waals surface area contributed by atoms with Gasteiger partial charge in [0.15, 0.2) is 5.82 Å². The number of para-hydroxylation sites is 2. The molecule has 0 aliphatic carbocycles. The Hall–Kier alpha value is -3.68. The number of benzene rings is 2. The summed E-state index contributed by atoms with van der Waals surface area (Å²) >= 11 is 0. The molecule has 26 heavy (non-hydrogen) atoms. The molecule has 2 aromatic carbocycles. The van der Waals surface area contributed by atoms with E-state index in [9.17, 15) is 4.79 Å². The normalized spacial score (nSPS) is 10.1. The minimum atomic E-state index is -0.417. The monoisotopic (exact) mass is 351 g/mol. The van der Waals surface area contributed by atoms with Crippen LogP contribution in [0.25, 0.3) is 0 Å². The number of anilines is 4. The molecule has 8 heteroatoms. The summed E-state index contributed by atoms with van der Waals surface area (Å²) in [5.74, 6) is 1.05. The van der Waals surface area contributed by atoms with Crippen LogP contribution in [0.1, 0.15) is 10.4 Å². The smallest absolute Gasteiger partial charge is 0.337 e. The molecule has 0 radical (unpaired) electrons. The molecule has 1 aromatic heterocycles. The Morgan fingerprint density at radius 1 is 1.04 bits per heavy atom. The molecule has 132 valence electrons. The van der Waals surface area contributed by atoms with Crippen LogP contribution >= 0.6 is 0 Å². The molecule has 1 heterocycles. The summed E-state index contributed by atoms with van der Waals surface area (Å²) in [7, 11) is 2.93. The van der Waals surface area contributed by atoms with Crippen molar-refractivity contribution >= 4 is 29.1 Å². The fraction of sp³-hybridized carbons (Fsp3) is 0.111. The first-order chi connectivity index (χ1) is 12.7. The highest BCUT2D eigenvalue weighted by atomic mass is 16.5. The highest BCUT2D eigenvalue weighted by Gasteiger charge is 2.08. The van der Waals surface area contributed by atoms with Gasteiger partial charge in [0.25, 0.3) is 0 Å². The van der Waals surface area contributed by atoms with Crippen LogP contribution in [0.3, 0.4) is 0 Å². The predicted octanol–water partition coefficient (Wildman–Crippen LogP) is 3.15. The molecule has 8 nitrogen and oxygen atoms in total. The van der Waals surface area contributed by atoms with Crippen molar-refractivity contribution in [1.29, 1.82) is 0 Å². The van der Waals surface area contributed by atoms with Gasteiger partial charge in [-0.1, -0.05) is 18.2 Å². The van der Waals surface area contributed by atoms with E-state index >= 15 is 0 Å². The van der Waals surface area contributed by atoms with Crippen molar-refractivity contribution in [3.8, 4) is 5.75 Å². The summed E-state index contributed by atoms with van der Waals surface area (Å²) in [5.41, 5.74) is 1.83. The standard InChI is InChI=1S/C18H17N5O3/c1-25-15-9-4-3-8-14(15)21-16-11-19-23-18(22-16)20-13-7-5-6-12(10-13)17(24)26-2/h3-11H,1-2H3,(H2,20,21,22,23).